The SMILES string of the molecule is CC.CNc1cnon1. The van der Waals surface area contributed by atoms with Gasteiger partial charge in [-0.1, -0.05) is 19.0 Å². The first-order chi connectivity index (χ1) is 4.43. The van der Waals surface area contributed by atoms with Crippen molar-refractivity contribution in [1.29, 1.82) is 0 Å². The molecule has 9 heavy (non-hydrogen) atoms. The van der Waals surface area contributed by atoms with Crippen molar-refractivity contribution in [3.63, 3.8) is 0 Å². The molecule has 1 heterocycles. The maximum atomic E-state index is 4.24. The van der Waals surface area contributed by atoms with E-state index in [1.54, 1.807) is 7.05 Å². The largest absolute Gasteiger partial charge is 0.369 e. The highest BCUT2D eigenvalue weighted by molar-refractivity contribution is 5.25. The highest BCUT2D eigenvalue weighted by Gasteiger charge is 1.86. The van der Waals surface area contributed by atoms with Gasteiger partial charge in [-0.3, -0.25) is 0 Å². The van der Waals surface area contributed by atoms with Crippen LogP contribution in [0.3, 0.4) is 0 Å². The van der Waals surface area contributed by atoms with Crippen LogP contribution in [0, 0.1) is 0 Å². The average Bonchev–Trinajstić information content (AvgIpc) is 2.43. The van der Waals surface area contributed by atoms with Crippen LogP contribution in [-0.4, -0.2) is 17.4 Å². The van der Waals surface area contributed by atoms with Gasteiger partial charge >= 0.3 is 0 Å². The van der Waals surface area contributed by atoms with E-state index in [4.69, 9.17) is 0 Å². The summed E-state index contributed by atoms with van der Waals surface area (Å²) in [6.07, 6.45) is 1.50. The summed E-state index contributed by atoms with van der Waals surface area (Å²) < 4.78 is 4.24. The van der Waals surface area contributed by atoms with Gasteiger partial charge in [-0.25, -0.2) is 4.63 Å². The summed E-state index contributed by atoms with van der Waals surface area (Å²) in [4.78, 5) is 0. The third-order valence-corrected chi connectivity index (χ3v) is 0.617. The molecule has 1 aromatic rings. The predicted octanol–water partition coefficient (Wildman–Crippen LogP) is 1.14. The minimum atomic E-state index is 0.653. The summed E-state index contributed by atoms with van der Waals surface area (Å²) in [6, 6.07) is 0. The Kier molecular flexibility index (Phi) is 4.49. The van der Waals surface area contributed by atoms with Crippen LogP contribution < -0.4 is 5.32 Å². The smallest absolute Gasteiger partial charge is 0.190 e. The molecule has 0 spiro atoms. The molecule has 0 radical (unpaired) electrons. The molecule has 1 rings (SSSR count). The van der Waals surface area contributed by atoms with Crippen LogP contribution in [0.5, 0.6) is 0 Å². The van der Waals surface area contributed by atoms with Crippen LogP contribution in [0.15, 0.2) is 10.8 Å². The van der Waals surface area contributed by atoms with E-state index in [0.29, 0.717) is 5.82 Å². The predicted molar refractivity (Wildman–Crippen MR) is 35.2 cm³/mol. The van der Waals surface area contributed by atoms with Crippen LogP contribution in [0.1, 0.15) is 13.8 Å². The van der Waals surface area contributed by atoms with Crippen LogP contribution in [0.2, 0.25) is 0 Å². The second kappa shape index (κ2) is 5.08. The Balaban J connectivity index is 0.000000291. The van der Waals surface area contributed by atoms with E-state index < -0.39 is 0 Å². The maximum absolute atomic E-state index is 4.24. The lowest BCUT2D eigenvalue weighted by Gasteiger charge is -1.80. The second-order valence-corrected chi connectivity index (χ2v) is 1.04. The Morgan fingerprint density at radius 2 is 2.22 bits per heavy atom. The van der Waals surface area contributed by atoms with Gasteiger partial charge in [0.15, 0.2) is 5.82 Å². The van der Waals surface area contributed by atoms with Gasteiger partial charge in [-0.2, -0.15) is 0 Å². The molecule has 0 aliphatic heterocycles. The van der Waals surface area contributed by atoms with E-state index in [-0.39, 0.29) is 0 Å². The van der Waals surface area contributed by atoms with Crippen LogP contribution >= 0.6 is 0 Å². The molecule has 1 aromatic heterocycles. The molecule has 0 unspecified atom stereocenters. The third kappa shape index (κ3) is 2.69. The second-order valence-electron chi connectivity index (χ2n) is 1.04. The van der Waals surface area contributed by atoms with E-state index in [1.165, 1.54) is 6.20 Å². The van der Waals surface area contributed by atoms with Gasteiger partial charge in [0.25, 0.3) is 0 Å². The fourth-order valence-electron chi connectivity index (χ4n) is 0.275. The molecular formula is C5H11N3O. The Hall–Kier alpha value is -1.06. The molecule has 0 amide bonds. The van der Waals surface area contributed by atoms with E-state index in [2.05, 4.69) is 20.3 Å². The first-order valence-electron chi connectivity index (χ1n) is 2.89. The summed E-state index contributed by atoms with van der Waals surface area (Å²) >= 11 is 0. The molecule has 0 aliphatic carbocycles. The lowest BCUT2D eigenvalue weighted by Crippen LogP contribution is -1.84. The zero-order valence-corrected chi connectivity index (χ0v) is 5.88. The normalized spacial score (nSPS) is 7.44. The summed E-state index contributed by atoms with van der Waals surface area (Å²) in [7, 11) is 1.75. The van der Waals surface area contributed by atoms with Crippen molar-refractivity contribution in [3.05, 3.63) is 6.20 Å². The fraction of sp³-hybridized carbons (Fsp3) is 0.600. The van der Waals surface area contributed by atoms with Crippen molar-refractivity contribution in [1.82, 2.24) is 10.3 Å². The molecule has 0 saturated carbocycles. The number of anilines is 1. The molecule has 52 valence electrons. The molecule has 0 aromatic carbocycles. The maximum Gasteiger partial charge on any atom is 0.190 e. The monoisotopic (exact) mass is 129 g/mol. The van der Waals surface area contributed by atoms with Gasteiger partial charge in [0, 0.05) is 7.05 Å². The number of nitrogens with zero attached hydrogens (tertiary/aromatic N) is 2. The van der Waals surface area contributed by atoms with E-state index in [9.17, 15) is 0 Å². The Morgan fingerprint density at radius 1 is 1.56 bits per heavy atom. The van der Waals surface area contributed by atoms with E-state index in [0.717, 1.165) is 0 Å². The quantitative estimate of drug-likeness (QED) is 0.617. The summed E-state index contributed by atoms with van der Waals surface area (Å²) in [5, 5.41) is 9.52. The number of hydrogen-bond donors (Lipinski definition) is 1. The first kappa shape index (κ1) is 7.94. The molecule has 4 heteroatoms. The zero-order valence-electron chi connectivity index (χ0n) is 5.88. The molecule has 1 N–H and O–H groups in total. The van der Waals surface area contributed by atoms with Crippen molar-refractivity contribution < 1.29 is 4.63 Å². The number of hydrogen-bond acceptors (Lipinski definition) is 4. The average molecular weight is 129 g/mol. The fourth-order valence-corrected chi connectivity index (χ4v) is 0.275. The number of nitrogens with one attached hydrogen (secondary N) is 1. The van der Waals surface area contributed by atoms with Crippen molar-refractivity contribution in [2.75, 3.05) is 12.4 Å². The summed E-state index contributed by atoms with van der Waals surface area (Å²) in [5.41, 5.74) is 0. The summed E-state index contributed by atoms with van der Waals surface area (Å²) in [6.45, 7) is 4.00. The molecule has 0 atom stereocenters. The van der Waals surface area contributed by atoms with Gasteiger partial charge in [0.05, 0.1) is 0 Å². The molecular weight excluding hydrogens is 118 g/mol. The van der Waals surface area contributed by atoms with Crippen LogP contribution in [0.25, 0.3) is 0 Å². The Labute approximate surface area is 54.2 Å². The van der Waals surface area contributed by atoms with Gasteiger partial charge in [0.1, 0.15) is 6.20 Å². The van der Waals surface area contributed by atoms with Gasteiger partial charge < -0.3 is 5.32 Å². The molecule has 4 nitrogen and oxygen atoms in total. The van der Waals surface area contributed by atoms with Gasteiger partial charge in [-0.15, -0.1) is 0 Å². The lowest BCUT2D eigenvalue weighted by molar-refractivity contribution is 0.308. The molecule has 0 aliphatic rings. The Bertz CT molecular complexity index is 127. The van der Waals surface area contributed by atoms with Gasteiger partial charge in [-0.05, 0) is 5.16 Å². The van der Waals surface area contributed by atoms with E-state index >= 15 is 0 Å². The Morgan fingerprint density at radius 3 is 2.44 bits per heavy atom. The van der Waals surface area contributed by atoms with Crippen molar-refractivity contribution in [2.24, 2.45) is 0 Å². The number of aromatic nitrogens is 2. The standard InChI is InChI=1S/C3H5N3O.C2H6/c1-4-3-2-5-7-6-3;1-2/h2H,1H3,(H,4,6);1-2H3. The molecule has 0 fully saturated rings. The topological polar surface area (TPSA) is 51.0 Å². The van der Waals surface area contributed by atoms with Crippen LogP contribution in [-0.2, 0) is 0 Å². The van der Waals surface area contributed by atoms with Crippen molar-refractivity contribution >= 4 is 5.82 Å². The van der Waals surface area contributed by atoms with E-state index in [1.807, 2.05) is 13.8 Å². The highest BCUT2D eigenvalue weighted by atomic mass is 16.6. The molecule has 0 bridgehead atoms. The zero-order chi connectivity index (χ0) is 7.11. The van der Waals surface area contributed by atoms with Gasteiger partial charge in [0.2, 0.25) is 0 Å². The number of rotatable bonds is 1. The van der Waals surface area contributed by atoms with Crippen molar-refractivity contribution in [2.45, 2.75) is 13.8 Å². The van der Waals surface area contributed by atoms with Crippen LogP contribution in [0.4, 0.5) is 5.82 Å². The highest BCUT2D eigenvalue weighted by Crippen LogP contribution is 1.92. The summed E-state index contributed by atoms with van der Waals surface area (Å²) in [5.74, 6) is 0.653. The lowest BCUT2D eigenvalue weighted by atomic mass is 10.8. The minimum absolute atomic E-state index is 0.653. The molecule has 0 saturated heterocycles. The third-order valence-electron chi connectivity index (χ3n) is 0.617. The minimum Gasteiger partial charge on any atom is -0.369 e. The first-order valence-corrected chi connectivity index (χ1v) is 2.89. The van der Waals surface area contributed by atoms with Crippen molar-refractivity contribution in [3.8, 4) is 0 Å².